The summed E-state index contributed by atoms with van der Waals surface area (Å²) in [4.78, 5) is 0. The highest BCUT2D eigenvalue weighted by atomic mass is 14.9. The minimum Gasteiger partial charge on any atom is -0.314 e. The van der Waals surface area contributed by atoms with Crippen LogP contribution in [0.5, 0.6) is 0 Å². The van der Waals surface area contributed by atoms with Crippen LogP contribution in [-0.4, -0.2) is 12.6 Å². The van der Waals surface area contributed by atoms with Crippen molar-refractivity contribution >= 4 is 0 Å². The molecule has 128 valence electrons. The third-order valence-corrected chi connectivity index (χ3v) is 4.60. The van der Waals surface area contributed by atoms with Crippen LogP contribution < -0.4 is 5.32 Å². The monoisotopic (exact) mass is 329 g/mol. The van der Waals surface area contributed by atoms with Gasteiger partial charge in [-0.1, -0.05) is 84.9 Å². The van der Waals surface area contributed by atoms with Gasteiger partial charge in [-0.3, -0.25) is 0 Å². The first-order valence-corrected chi connectivity index (χ1v) is 9.23. The molecule has 0 amide bonds. The maximum Gasteiger partial charge on any atom is 0.00791 e. The van der Waals surface area contributed by atoms with Crippen LogP contribution in [0.3, 0.4) is 0 Å². The van der Waals surface area contributed by atoms with E-state index in [0.29, 0.717) is 6.04 Å². The van der Waals surface area contributed by atoms with E-state index in [4.69, 9.17) is 0 Å². The molecule has 0 aliphatic carbocycles. The molecule has 0 fully saturated rings. The molecule has 0 aromatic heterocycles. The van der Waals surface area contributed by atoms with Gasteiger partial charge in [-0.2, -0.15) is 0 Å². The van der Waals surface area contributed by atoms with Crippen molar-refractivity contribution in [2.24, 2.45) is 0 Å². The minimum absolute atomic E-state index is 0.506. The summed E-state index contributed by atoms with van der Waals surface area (Å²) < 4.78 is 0. The molecule has 0 radical (unpaired) electrons. The maximum atomic E-state index is 3.66. The number of nitrogens with one attached hydrogen (secondary N) is 1. The molecule has 0 aliphatic heterocycles. The van der Waals surface area contributed by atoms with E-state index in [-0.39, 0.29) is 0 Å². The van der Waals surface area contributed by atoms with Crippen LogP contribution in [0.15, 0.2) is 84.9 Å². The van der Waals surface area contributed by atoms with E-state index in [1.54, 1.807) is 0 Å². The van der Waals surface area contributed by atoms with Gasteiger partial charge in [-0.15, -0.1) is 0 Å². The zero-order chi connectivity index (χ0) is 17.3. The van der Waals surface area contributed by atoms with Crippen molar-refractivity contribution in [3.63, 3.8) is 0 Å². The Hall–Kier alpha value is -2.38. The van der Waals surface area contributed by atoms with Crippen molar-refractivity contribution in [2.45, 2.75) is 32.2 Å². The van der Waals surface area contributed by atoms with Gasteiger partial charge in [0.1, 0.15) is 0 Å². The average molecular weight is 329 g/mol. The summed E-state index contributed by atoms with van der Waals surface area (Å²) >= 11 is 0. The van der Waals surface area contributed by atoms with Crippen LogP contribution in [0.2, 0.25) is 0 Å². The van der Waals surface area contributed by atoms with E-state index >= 15 is 0 Å². The molecule has 1 nitrogen and oxygen atoms in total. The van der Waals surface area contributed by atoms with Gasteiger partial charge in [0.2, 0.25) is 0 Å². The Morgan fingerprint density at radius 1 is 0.760 bits per heavy atom. The Kier molecular flexibility index (Phi) is 6.42. The quantitative estimate of drug-likeness (QED) is 0.538. The Bertz CT molecular complexity index is 749. The van der Waals surface area contributed by atoms with Crippen molar-refractivity contribution in [3.05, 3.63) is 96.1 Å². The lowest BCUT2D eigenvalue weighted by atomic mass is 9.97. The van der Waals surface area contributed by atoms with Crippen molar-refractivity contribution in [3.8, 4) is 11.1 Å². The van der Waals surface area contributed by atoms with Gasteiger partial charge in [0, 0.05) is 6.04 Å². The molecule has 3 aromatic carbocycles. The predicted molar refractivity (Wildman–Crippen MR) is 108 cm³/mol. The summed E-state index contributed by atoms with van der Waals surface area (Å²) in [6, 6.07) is 30.7. The molecule has 3 rings (SSSR count). The second-order valence-electron chi connectivity index (χ2n) is 6.67. The van der Waals surface area contributed by atoms with Crippen LogP contribution in [-0.2, 0) is 12.8 Å². The molecule has 0 bridgehead atoms. The highest BCUT2D eigenvalue weighted by Crippen LogP contribution is 2.24. The Morgan fingerprint density at radius 2 is 1.40 bits per heavy atom. The molecule has 1 N–H and O–H groups in total. The number of benzene rings is 3. The van der Waals surface area contributed by atoms with Gasteiger partial charge in [0.05, 0.1) is 0 Å². The fourth-order valence-electron chi connectivity index (χ4n) is 3.30. The van der Waals surface area contributed by atoms with Gasteiger partial charge in [-0.05, 0) is 55.0 Å². The molecule has 25 heavy (non-hydrogen) atoms. The van der Waals surface area contributed by atoms with Crippen LogP contribution in [0.4, 0.5) is 0 Å². The first-order chi connectivity index (χ1) is 12.3. The molecule has 0 spiro atoms. The van der Waals surface area contributed by atoms with E-state index < -0.39 is 0 Å². The van der Waals surface area contributed by atoms with E-state index in [1.807, 2.05) is 0 Å². The largest absolute Gasteiger partial charge is 0.314 e. The van der Waals surface area contributed by atoms with E-state index in [2.05, 4.69) is 97.2 Å². The molecule has 0 heterocycles. The van der Waals surface area contributed by atoms with Gasteiger partial charge in [0.15, 0.2) is 0 Å². The van der Waals surface area contributed by atoms with E-state index in [9.17, 15) is 0 Å². The molecule has 0 saturated heterocycles. The van der Waals surface area contributed by atoms with Crippen LogP contribution in [0.25, 0.3) is 11.1 Å². The second-order valence-corrected chi connectivity index (χ2v) is 6.67. The predicted octanol–water partition coefficient (Wildman–Crippen LogP) is 5.51. The number of aryl methyl sites for hydroxylation is 1. The van der Waals surface area contributed by atoms with Crippen molar-refractivity contribution in [1.82, 2.24) is 5.32 Å². The molecule has 1 heteroatoms. The van der Waals surface area contributed by atoms with E-state index in [1.165, 1.54) is 22.3 Å². The molecular weight excluding hydrogens is 302 g/mol. The van der Waals surface area contributed by atoms with Crippen molar-refractivity contribution < 1.29 is 0 Å². The molecular formula is C24H27N. The zero-order valence-corrected chi connectivity index (χ0v) is 15.0. The fourth-order valence-corrected chi connectivity index (χ4v) is 3.30. The lowest BCUT2D eigenvalue weighted by Crippen LogP contribution is -2.29. The summed E-state index contributed by atoms with van der Waals surface area (Å²) in [5, 5.41) is 3.66. The lowest BCUT2D eigenvalue weighted by Gasteiger charge is -2.15. The molecule has 0 saturated carbocycles. The second kappa shape index (κ2) is 9.19. The molecule has 1 unspecified atom stereocenters. The first-order valence-electron chi connectivity index (χ1n) is 9.23. The SMILES string of the molecule is CC(Cc1ccccc1)NCCCc1ccccc1-c1ccccc1. The normalized spacial score (nSPS) is 12.0. The molecule has 1 atom stereocenters. The number of rotatable bonds is 8. The van der Waals surface area contributed by atoms with Crippen LogP contribution in [0, 0.1) is 0 Å². The number of hydrogen-bond donors (Lipinski definition) is 1. The average Bonchev–Trinajstić information content (AvgIpc) is 2.67. The highest BCUT2D eigenvalue weighted by Gasteiger charge is 2.05. The van der Waals surface area contributed by atoms with Gasteiger partial charge >= 0.3 is 0 Å². The summed E-state index contributed by atoms with van der Waals surface area (Å²) in [5.41, 5.74) is 5.51. The van der Waals surface area contributed by atoms with Crippen LogP contribution >= 0.6 is 0 Å². The first kappa shape index (κ1) is 17.4. The smallest absolute Gasteiger partial charge is 0.00791 e. The molecule has 3 aromatic rings. The van der Waals surface area contributed by atoms with Crippen molar-refractivity contribution in [1.29, 1.82) is 0 Å². The Balaban J connectivity index is 1.50. The minimum atomic E-state index is 0.506. The third kappa shape index (κ3) is 5.30. The third-order valence-electron chi connectivity index (χ3n) is 4.60. The summed E-state index contributed by atoms with van der Waals surface area (Å²) in [5.74, 6) is 0. The summed E-state index contributed by atoms with van der Waals surface area (Å²) in [6.07, 6.45) is 3.35. The fraction of sp³-hybridized carbons (Fsp3) is 0.250. The summed E-state index contributed by atoms with van der Waals surface area (Å²) in [7, 11) is 0. The van der Waals surface area contributed by atoms with Crippen LogP contribution in [0.1, 0.15) is 24.5 Å². The van der Waals surface area contributed by atoms with Gasteiger partial charge in [-0.25, -0.2) is 0 Å². The van der Waals surface area contributed by atoms with Crippen molar-refractivity contribution in [2.75, 3.05) is 6.54 Å². The topological polar surface area (TPSA) is 12.0 Å². The Labute approximate surface area is 151 Å². The van der Waals surface area contributed by atoms with Gasteiger partial charge < -0.3 is 5.32 Å². The standard InChI is InChI=1S/C24H27N/c1-20(19-21-11-4-2-5-12-21)25-18-10-16-23-15-8-9-17-24(23)22-13-6-3-7-14-22/h2-9,11-15,17,20,25H,10,16,18-19H2,1H3. The summed E-state index contributed by atoms with van der Waals surface area (Å²) in [6.45, 7) is 3.32. The Morgan fingerprint density at radius 3 is 2.16 bits per heavy atom. The lowest BCUT2D eigenvalue weighted by molar-refractivity contribution is 0.534. The van der Waals surface area contributed by atoms with E-state index in [0.717, 1.165) is 25.8 Å². The van der Waals surface area contributed by atoms with Gasteiger partial charge in [0.25, 0.3) is 0 Å². The molecule has 0 aliphatic rings. The zero-order valence-electron chi connectivity index (χ0n) is 15.0. The highest BCUT2D eigenvalue weighted by molar-refractivity contribution is 5.67. The number of hydrogen-bond acceptors (Lipinski definition) is 1. The maximum absolute atomic E-state index is 3.66.